The molecule has 0 saturated carbocycles. The molecule has 200 valence electrons. The van der Waals surface area contributed by atoms with Crippen molar-refractivity contribution >= 4 is 64.1 Å². The first-order valence-corrected chi connectivity index (χ1v) is 15.2. The first-order valence-electron chi connectivity index (χ1n) is 14.3. The van der Waals surface area contributed by atoms with Crippen LogP contribution < -0.4 is 0 Å². The van der Waals surface area contributed by atoms with E-state index in [1.165, 1.54) is 36.7 Å². The van der Waals surface area contributed by atoms with Crippen molar-refractivity contribution in [1.29, 1.82) is 0 Å². The van der Waals surface area contributed by atoms with E-state index in [1.54, 1.807) is 0 Å². The monoisotopic (exact) mass is 565 g/mol. The van der Waals surface area contributed by atoms with Gasteiger partial charge in [0.2, 0.25) is 0 Å². The van der Waals surface area contributed by atoms with E-state index in [0.29, 0.717) is 0 Å². The lowest BCUT2D eigenvalue weighted by molar-refractivity contribution is 1.36. The largest absolute Gasteiger partial charge is 0.264 e. The average Bonchev–Trinajstić information content (AvgIpc) is 3.46. The Morgan fingerprint density at radius 2 is 1.19 bits per heavy atom. The molecule has 0 aliphatic carbocycles. The summed E-state index contributed by atoms with van der Waals surface area (Å²) in [7, 11) is 0. The van der Waals surface area contributed by atoms with Crippen LogP contribution >= 0.6 is 11.3 Å². The number of rotatable bonds is 3. The average molecular weight is 566 g/mol. The predicted molar refractivity (Wildman–Crippen MR) is 182 cm³/mol. The highest BCUT2D eigenvalue weighted by molar-refractivity contribution is 7.26. The SMILES string of the molecule is c1ccc(-c2ccc3ccc4ccc(-c5ccc6sc7cccc(-c8ccc9ccncc9c8)c7c6c5)nc4c3n2)cc1. The molecule has 9 aromatic rings. The number of pyridine rings is 3. The zero-order valence-electron chi connectivity index (χ0n) is 23.0. The van der Waals surface area contributed by atoms with Crippen molar-refractivity contribution in [1.82, 2.24) is 15.0 Å². The molecule has 3 nitrogen and oxygen atoms in total. The zero-order chi connectivity index (χ0) is 28.3. The second-order valence-electron chi connectivity index (χ2n) is 10.9. The second kappa shape index (κ2) is 9.55. The molecule has 0 spiro atoms. The highest BCUT2D eigenvalue weighted by atomic mass is 32.1. The van der Waals surface area contributed by atoms with Crippen LogP contribution in [0.5, 0.6) is 0 Å². The van der Waals surface area contributed by atoms with Gasteiger partial charge >= 0.3 is 0 Å². The summed E-state index contributed by atoms with van der Waals surface area (Å²) in [6.45, 7) is 0. The Morgan fingerprint density at radius 1 is 0.465 bits per heavy atom. The van der Waals surface area contributed by atoms with Crippen molar-refractivity contribution < 1.29 is 0 Å². The van der Waals surface area contributed by atoms with Gasteiger partial charge in [-0.2, -0.15) is 0 Å². The summed E-state index contributed by atoms with van der Waals surface area (Å²) < 4.78 is 2.56. The third-order valence-electron chi connectivity index (χ3n) is 8.33. The van der Waals surface area contributed by atoms with E-state index < -0.39 is 0 Å². The van der Waals surface area contributed by atoms with E-state index in [9.17, 15) is 0 Å². The van der Waals surface area contributed by atoms with Crippen LogP contribution in [0, 0.1) is 0 Å². The van der Waals surface area contributed by atoms with Gasteiger partial charge in [-0.3, -0.25) is 4.98 Å². The summed E-state index contributed by atoms with van der Waals surface area (Å²) in [6, 6.07) is 45.2. The van der Waals surface area contributed by atoms with Gasteiger partial charge in [0.15, 0.2) is 0 Å². The topological polar surface area (TPSA) is 38.7 Å². The summed E-state index contributed by atoms with van der Waals surface area (Å²) in [4.78, 5) is 14.7. The van der Waals surface area contributed by atoms with Gasteiger partial charge in [-0.15, -0.1) is 11.3 Å². The van der Waals surface area contributed by atoms with Gasteiger partial charge in [0.05, 0.1) is 22.4 Å². The van der Waals surface area contributed by atoms with Gasteiger partial charge in [0.1, 0.15) is 0 Å². The van der Waals surface area contributed by atoms with Crippen LogP contribution in [0.4, 0.5) is 0 Å². The van der Waals surface area contributed by atoms with Gasteiger partial charge in [0.25, 0.3) is 0 Å². The lowest BCUT2D eigenvalue weighted by Crippen LogP contribution is -1.91. The Kier molecular flexibility index (Phi) is 5.37. The Morgan fingerprint density at radius 3 is 2.00 bits per heavy atom. The molecule has 0 saturated heterocycles. The molecule has 43 heavy (non-hydrogen) atoms. The van der Waals surface area contributed by atoms with Crippen molar-refractivity contribution in [3.63, 3.8) is 0 Å². The molecule has 0 radical (unpaired) electrons. The second-order valence-corrected chi connectivity index (χ2v) is 12.0. The molecule has 0 aliphatic rings. The standard InChI is InChI=1S/C39H23N3S/c1-2-5-25(6-3-1)33-16-13-26-10-11-27-14-17-34(42-39(27)38(26)41-33)29-15-18-35-32(22-29)37-31(7-4-8-36(37)43-35)28-12-9-24-19-20-40-23-30(24)21-28/h1-23H. The summed E-state index contributed by atoms with van der Waals surface area (Å²) >= 11 is 1.84. The fourth-order valence-electron chi connectivity index (χ4n) is 6.18. The number of thiophene rings is 1. The smallest absolute Gasteiger partial charge is 0.0972 e. The first-order chi connectivity index (χ1) is 21.3. The van der Waals surface area contributed by atoms with Gasteiger partial charge < -0.3 is 0 Å². The van der Waals surface area contributed by atoms with Crippen LogP contribution in [-0.4, -0.2) is 15.0 Å². The maximum atomic E-state index is 5.23. The van der Waals surface area contributed by atoms with Crippen molar-refractivity contribution in [2.75, 3.05) is 0 Å². The Labute approximate surface area is 251 Å². The Balaban J connectivity index is 1.22. The summed E-state index contributed by atoms with van der Waals surface area (Å²) in [6.07, 6.45) is 3.79. The van der Waals surface area contributed by atoms with E-state index in [-0.39, 0.29) is 0 Å². The molecule has 0 aliphatic heterocycles. The van der Waals surface area contributed by atoms with Crippen LogP contribution in [-0.2, 0) is 0 Å². The highest BCUT2D eigenvalue weighted by Gasteiger charge is 2.14. The van der Waals surface area contributed by atoms with Crippen LogP contribution in [0.25, 0.3) is 86.4 Å². The lowest BCUT2D eigenvalue weighted by atomic mass is 9.97. The third-order valence-corrected chi connectivity index (χ3v) is 9.47. The normalized spacial score (nSPS) is 11.7. The molecule has 4 heterocycles. The van der Waals surface area contributed by atoms with Crippen LogP contribution in [0.2, 0.25) is 0 Å². The van der Waals surface area contributed by atoms with E-state index in [2.05, 4.69) is 114 Å². The maximum Gasteiger partial charge on any atom is 0.0972 e. The predicted octanol–water partition coefficient (Wildman–Crippen LogP) is 10.7. The molecule has 0 atom stereocenters. The Hall–Kier alpha value is -5.45. The first kappa shape index (κ1) is 24.2. The molecule has 0 amide bonds. The van der Waals surface area contributed by atoms with Crippen molar-refractivity contribution in [2.45, 2.75) is 0 Å². The fourth-order valence-corrected chi connectivity index (χ4v) is 7.29. The minimum atomic E-state index is 0.925. The molecule has 0 unspecified atom stereocenters. The number of aromatic nitrogens is 3. The van der Waals surface area contributed by atoms with E-state index >= 15 is 0 Å². The molecule has 9 rings (SSSR count). The molecule has 0 bridgehead atoms. The summed E-state index contributed by atoms with van der Waals surface area (Å²) in [5.74, 6) is 0. The fraction of sp³-hybridized carbons (Fsp3) is 0. The molecule has 0 N–H and O–H groups in total. The van der Waals surface area contributed by atoms with Crippen molar-refractivity contribution in [3.8, 4) is 33.6 Å². The molecule has 4 heteroatoms. The van der Waals surface area contributed by atoms with Crippen molar-refractivity contribution in [2.24, 2.45) is 0 Å². The lowest BCUT2D eigenvalue weighted by Gasteiger charge is -2.09. The van der Waals surface area contributed by atoms with Crippen molar-refractivity contribution in [3.05, 3.63) is 140 Å². The van der Waals surface area contributed by atoms with E-state index in [4.69, 9.17) is 9.97 Å². The summed E-state index contributed by atoms with van der Waals surface area (Å²) in [5, 5.41) is 7.06. The number of fused-ring (bicyclic) bond motifs is 7. The minimum absolute atomic E-state index is 0.925. The number of hydrogen-bond acceptors (Lipinski definition) is 4. The van der Waals surface area contributed by atoms with Gasteiger partial charge in [0, 0.05) is 59.9 Å². The van der Waals surface area contributed by atoms with Gasteiger partial charge in [-0.05, 0) is 59.0 Å². The third kappa shape index (κ3) is 3.99. The molecule has 5 aromatic carbocycles. The number of benzene rings is 5. The van der Waals surface area contributed by atoms with Crippen LogP contribution in [0.3, 0.4) is 0 Å². The van der Waals surface area contributed by atoms with E-state index in [0.717, 1.165) is 49.7 Å². The molecular weight excluding hydrogens is 543 g/mol. The summed E-state index contributed by atoms with van der Waals surface area (Å²) in [5.41, 5.74) is 8.39. The van der Waals surface area contributed by atoms with E-state index in [1.807, 2.05) is 41.9 Å². The highest BCUT2D eigenvalue weighted by Crippen LogP contribution is 2.42. The van der Waals surface area contributed by atoms with Gasteiger partial charge in [-0.1, -0.05) is 84.9 Å². The zero-order valence-corrected chi connectivity index (χ0v) is 23.8. The molecule has 4 aromatic heterocycles. The number of nitrogens with zero attached hydrogens (tertiary/aromatic N) is 3. The minimum Gasteiger partial charge on any atom is -0.264 e. The Bertz CT molecular complexity index is 2510. The van der Waals surface area contributed by atoms with Crippen LogP contribution in [0.1, 0.15) is 0 Å². The quantitative estimate of drug-likeness (QED) is 0.200. The van der Waals surface area contributed by atoms with Gasteiger partial charge in [-0.25, -0.2) is 9.97 Å². The molecular formula is C39H23N3S. The number of hydrogen-bond donors (Lipinski definition) is 0. The maximum absolute atomic E-state index is 5.23. The van der Waals surface area contributed by atoms with Crippen LogP contribution in [0.15, 0.2) is 140 Å². The molecule has 0 fully saturated rings.